The Morgan fingerprint density at radius 3 is 1.43 bits per heavy atom. The number of amides is 2. The van der Waals surface area contributed by atoms with Crippen LogP contribution in [0, 0.1) is 0 Å². The number of carbonyl (C=O) groups is 3. The lowest BCUT2D eigenvalue weighted by molar-refractivity contribution is -0.197. The number of fused-ring (bicyclic) bond motifs is 8. The minimum atomic E-state index is -0.578. The molecule has 6 rings (SSSR count). The summed E-state index contributed by atoms with van der Waals surface area (Å²) in [6.45, 7) is 18.1. The number of aromatic nitrogens is 4. The summed E-state index contributed by atoms with van der Waals surface area (Å²) >= 11 is 0. The molecule has 10 heteroatoms. The van der Waals surface area contributed by atoms with Gasteiger partial charge in [-0.1, -0.05) is 55.4 Å². The molecule has 3 aromatic rings. The normalized spacial score (nSPS) is 14.5. The zero-order valence-corrected chi connectivity index (χ0v) is 34.7. The Morgan fingerprint density at radius 1 is 0.589 bits per heavy atom. The Kier molecular flexibility index (Phi) is 13.0. The van der Waals surface area contributed by atoms with Crippen LogP contribution >= 0.6 is 0 Å². The predicted octanol–water partition coefficient (Wildman–Crippen LogP) is 10.6. The standard InChI is InChI=1S/C46H59N5O5/c1-9-27-29(11-3)37-25-39-31(13-5)33(15-7)44(49-39)46(55-23-19-17-18-20-43(54)56-51-41(52)21-22-42(51)53)45-34(16-8)32(14-6)40(50-45)26-38-30(12-4)28(10-2)36(48-38)24-35(27)47-37/h24-26,47-48H,9-23H2,1-8H3. The molecule has 3 aliphatic heterocycles. The first-order valence-corrected chi connectivity index (χ1v) is 21.1. The Labute approximate surface area is 331 Å². The van der Waals surface area contributed by atoms with Gasteiger partial charge in [0, 0.05) is 41.3 Å². The molecule has 3 aliphatic rings. The molecular formula is C46H59N5O5. The van der Waals surface area contributed by atoms with Crippen molar-refractivity contribution in [2.45, 2.75) is 145 Å². The van der Waals surface area contributed by atoms with Crippen molar-refractivity contribution in [3.05, 3.63) is 63.2 Å². The molecule has 6 heterocycles. The highest BCUT2D eigenvalue weighted by molar-refractivity contribution is 6.02. The van der Waals surface area contributed by atoms with Gasteiger partial charge in [0.2, 0.25) is 0 Å². The van der Waals surface area contributed by atoms with Crippen LogP contribution in [0.2, 0.25) is 0 Å². The maximum atomic E-state index is 12.4. The number of allylic oxidation sites excluding steroid dienone is 4. The van der Waals surface area contributed by atoms with E-state index in [1.54, 1.807) is 0 Å². The van der Waals surface area contributed by atoms with Crippen molar-refractivity contribution in [2.75, 3.05) is 6.61 Å². The molecule has 1 fully saturated rings. The van der Waals surface area contributed by atoms with Gasteiger partial charge in [0.05, 0.1) is 18.0 Å². The van der Waals surface area contributed by atoms with Crippen LogP contribution in [-0.2, 0) is 44.9 Å². The molecule has 298 valence electrons. The van der Waals surface area contributed by atoms with Crippen LogP contribution in [-0.4, -0.2) is 49.4 Å². The van der Waals surface area contributed by atoms with Crippen molar-refractivity contribution in [2.24, 2.45) is 0 Å². The number of nitrogens with one attached hydrogen (secondary N) is 2. The zero-order chi connectivity index (χ0) is 40.1. The number of H-pyrrole nitrogens is 2. The van der Waals surface area contributed by atoms with Gasteiger partial charge in [0.1, 0.15) is 11.4 Å². The summed E-state index contributed by atoms with van der Waals surface area (Å²) < 4.78 is 6.86. The van der Waals surface area contributed by atoms with Gasteiger partial charge in [0.15, 0.2) is 5.75 Å². The second-order valence-corrected chi connectivity index (χ2v) is 14.7. The maximum absolute atomic E-state index is 12.4. The van der Waals surface area contributed by atoms with Crippen LogP contribution in [0.15, 0.2) is 18.2 Å². The molecule has 0 aromatic carbocycles. The minimum Gasteiger partial charge on any atom is -0.489 e. The van der Waals surface area contributed by atoms with E-state index in [0.717, 1.165) is 96.2 Å². The van der Waals surface area contributed by atoms with Gasteiger partial charge in [-0.2, -0.15) is 0 Å². The fourth-order valence-corrected chi connectivity index (χ4v) is 8.82. The van der Waals surface area contributed by atoms with E-state index in [4.69, 9.17) is 19.5 Å². The van der Waals surface area contributed by atoms with Crippen LogP contribution in [0.4, 0.5) is 0 Å². The number of aryl methyl sites for hydroxylation is 4. The summed E-state index contributed by atoms with van der Waals surface area (Å²) in [5.74, 6) is -0.804. The first-order valence-electron chi connectivity index (χ1n) is 21.1. The van der Waals surface area contributed by atoms with Crippen molar-refractivity contribution in [1.82, 2.24) is 25.0 Å². The summed E-state index contributed by atoms with van der Waals surface area (Å²) in [5.41, 5.74) is 18.3. The number of unbranched alkanes of at least 4 members (excludes halogenated alkanes) is 2. The summed E-state index contributed by atoms with van der Waals surface area (Å²) in [6, 6.07) is 6.81. The van der Waals surface area contributed by atoms with Crippen molar-refractivity contribution < 1.29 is 24.0 Å². The number of rotatable bonds is 16. The molecule has 0 aliphatic carbocycles. The third-order valence-electron chi connectivity index (χ3n) is 11.5. The lowest BCUT2D eigenvalue weighted by atomic mass is 9.96. The van der Waals surface area contributed by atoms with E-state index < -0.39 is 17.8 Å². The number of imide groups is 1. The summed E-state index contributed by atoms with van der Waals surface area (Å²) in [4.78, 5) is 59.8. The maximum Gasteiger partial charge on any atom is 0.333 e. The van der Waals surface area contributed by atoms with Crippen molar-refractivity contribution in [1.29, 1.82) is 0 Å². The average molecular weight is 762 g/mol. The number of nitrogens with zero attached hydrogens (tertiary/aromatic N) is 3. The summed E-state index contributed by atoms with van der Waals surface area (Å²) in [7, 11) is 0. The van der Waals surface area contributed by atoms with Crippen molar-refractivity contribution >= 4 is 62.1 Å². The van der Waals surface area contributed by atoms with Gasteiger partial charge >= 0.3 is 5.97 Å². The largest absolute Gasteiger partial charge is 0.489 e. The number of hydroxylamine groups is 2. The average Bonchev–Trinajstić information content (AvgIpc) is 3.99. The highest BCUT2D eigenvalue weighted by atomic mass is 16.7. The van der Waals surface area contributed by atoms with E-state index >= 15 is 0 Å². The molecule has 3 aromatic heterocycles. The van der Waals surface area contributed by atoms with Gasteiger partial charge in [-0.15, -0.1) is 5.06 Å². The molecule has 0 radical (unpaired) electrons. The minimum absolute atomic E-state index is 0.0778. The molecule has 0 spiro atoms. The highest BCUT2D eigenvalue weighted by Gasteiger charge is 2.33. The third kappa shape index (κ3) is 7.71. The van der Waals surface area contributed by atoms with Crippen LogP contribution in [0.5, 0.6) is 5.75 Å². The molecular weight excluding hydrogens is 703 g/mol. The predicted molar refractivity (Wildman–Crippen MR) is 224 cm³/mol. The van der Waals surface area contributed by atoms with Crippen LogP contribution in [0.1, 0.15) is 165 Å². The smallest absolute Gasteiger partial charge is 0.333 e. The fourth-order valence-electron chi connectivity index (χ4n) is 8.82. The van der Waals surface area contributed by atoms with Gasteiger partial charge in [-0.3, -0.25) is 9.59 Å². The van der Waals surface area contributed by atoms with Crippen molar-refractivity contribution in [3.63, 3.8) is 0 Å². The lowest BCUT2D eigenvalue weighted by Gasteiger charge is -2.14. The van der Waals surface area contributed by atoms with E-state index in [1.807, 2.05) is 0 Å². The Hall–Kier alpha value is -4.99. The van der Waals surface area contributed by atoms with Crippen LogP contribution < -0.4 is 4.74 Å². The number of ether oxygens (including phenoxy) is 1. The quantitative estimate of drug-likeness (QED) is 0.110. The van der Waals surface area contributed by atoms with Gasteiger partial charge in [0.25, 0.3) is 11.8 Å². The monoisotopic (exact) mass is 761 g/mol. The van der Waals surface area contributed by atoms with Crippen LogP contribution in [0.3, 0.4) is 0 Å². The number of hydrogen-bond donors (Lipinski definition) is 2. The SMILES string of the molecule is CCC1=C(CC)c2nc1cc1[nH]c(cc3[nH]c(cc4nc(c2OCCCCCC(=O)ON2C(=O)CCC2=O)C(CC)=C4CC)c(CC)c3CC)c(CC)c1CC. The second kappa shape index (κ2) is 17.9. The molecule has 8 bridgehead atoms. The fraction of sp³-hybridized carbons (Fsp3) is 0.500. The van der Waals surface area contributed by atoms with Gasteiger partial charge < -0.3 is 19.5 Å². The Bertz CT molecular complexity index is 2110. The molecule has 0 unspecified atom stereocenters. The summed E-state index contributed by atoms with van der Waals surface area (Å²) in [5, 5.41) is 0.612. The Balaban J connectivity index is 1.51. The van der Waals surface area contributed by atoms with Gasteiger partial charge in [-0.25, -0.2) is 14.8 Å². The molecule has 2 N–H and O–H groups in total. The van der Waals surface area contributed by atoms with Gasteiger partial charge in [-0.05, 0) is 133 Å². The molecule has 0 atom stereocenters. The number of hydrogen-bond acceptors (Lipinski definition) is 7. The van der Waals surface area contributed by atoms with E-state index in [9.17, 15) is 14.4 Å². The molecule has 0 saturated carbocycles. The molecule has 56 heavy (non-hydrogen) atoms. The van der Waals surface area contributed by atoms with Crippen LogP contribution in [0.25, 0.3) is 44.4 Å². The van der Waals surface area contributed by atoms with E-state index in [-0.39, 0.29) is 19.3 Å². The number of carbonyl (C=O) groups excluding carboxylic acids is 3. The highest BCUT2D eigenvalue weighted by Crippen LogP contribution is 2.45. The second-order valence-electron chi connectivity index (χ2n) is 14.7. The first-order chi connectivity index (χ1) is 27.2. The molecule has 10 nitrogen and oxygen atoms in total. The van der Waals surface area contributed by atoms with Crippen molar-refractivity contribution in [3.8, 4) is 5.75 Å². The first kappa shape index (κ1) is 40.7. The van der Waals surface area contributed by atoms with E-state index in [2.05, 4.69) is 83.6 Å². The summed E-state index contributed by atoms with van der Waals surface area (Å²) in [6.07, 6.45) is 9.13. The molecule has 1 saturated heterocycles. The van der Waals surface area contributed by atoms with E-state index in [1.165, 1.54) is 44.5 Å². The zero-order valence-electron chi connectivity index (χ0n) is 34.7. The lowest BCUT2D eigenvalue weighted by Crippen LogP contribution is -2.31. The van der Waals surface area contributed by atoms with E-state index in [0.29, 0.717) is 36.7 Å². The topological polar surface area (TPSA) is 130 Å². The third-order valence-corrected chi connectivity index (χ3v) is 11.5. The molecule has 2 amide bonds. The Morgan fingerprint density at radius 2 is 1.02 bits per heavy atom. The number of aromatic amines is 2.